The van der Waals surface area contributed by atoms with Crippen molar-refractivity contribution in [3.05, 3.63) is 64.2 Å². The Morgan fingerprint density at radius 1 is 1.10 bits per heavy atom. The molecule has 1 atom stereocenters. The van der Waals surface area contributed by atoms with Crippen LogP contribution in [-0.2, 0) is 16.0 Å². The number of hydrogen-bond donors (Lipinski definition) is 1. The van der Waals surface area contributed by atoms with Crippen molar-refractivity contribution in [3.63, 3.8) is 0 Å². The number of ether oxygens (including phenoxy) is 3. The first-order chi connectivity index (χ1) is 14.4. The van der Waals surface area contributed by atoms with Crippen LogP contribution in [0.4, 0.5) is 0 Å². The summed E-state index contributed by atoms with van der Waals surface area (Å²) in [5.74, 6) is 0.302. The van der Waals surface area contributed by atoms with Gasteiger partial charge in [-0.2, -0.15) is 0 Å². The SMILES string of the molecule is COc1ccc(C(=O)[C@H](C)OC(=O)CCc2nc3ccccc3c(=O)[nH]2)c(OC)c1. The number of aryl methyl sites for hydroxylation is 1. The summed E-state index contributed by atoms with van der Waals surface area (Å²) in [5, 5.41) is 0.483. The van der Waals surface area contributed by atoms with Gasteiger partial charge in [0.05, 0.1) is 37.1 Å². The maximum atomic E-state index is 12.7. The molecule has 3 rings (SSSR count). The maximum Gasteiger partial charge on any atom is 0.306 e. The second kappa shape index (κ2) is 9.21. The van der Waals surface area contributed by atoms with Crippen molar-refractivity contribution in [2.24, 2.45) is 0 Å². The third-order valence-corrected chi connectivity index (χ3v) is 4.58. The number of methoxy groups -OCH3 is 2. The number of benzene rings is 2. The normalized spacial score (nSPS) is 11.7. The predicted molar refractivity (Wildman–Crippen MR) is 110 cm³/mol. The topological polar surface area (TPSA) is 108 Å². The van der Waals surface area contributed by atoms with E-state index in [0.717, 1.165) is 0 Å². The van der Waals surface area contributed by atoms with Gasteiger partial charge in [-0.15, -0.1) is 0 Å². The number of aromatic amines is 1. The van der Waals surface area contributed by atoms with Crippen molar-refractivity contribution in [3.8, 4) is 11.5 Å². The van der Waals surface area contributed by atoms with Gasteiger partial charge >= 0.3 is 5.97 Å². The van der Waals surface area contributed by atoms with E-state index in [-0.39, 0.29) is 24.2 Å². The van der Waals surface area contributed by atoms with Crippen molar-refractivity contribution < 1.29 is 23.8 Å². The van der Waals surface area contributed by atoms with Gasteiger partial charge in [-0.05, 0) is 31.2 Å². The standard InChI is InChI=1S/C22H22N2O6/c1-13(21(26)16-9-8-14(28-2)12-18(16)29-3)30-20(25)11-10-19-23-17-7-5-4-6-15(17)22(27)24-19/h4-9,12-13H,10-11H2,1-3H3,(H,23,24,27)/t13-/m0/s1. The van der Waals surface area contributed by atoms with Gasteiger partial charge in [-0.1, -0.05) is 12.1 Å². The van der Waals surface area contributed by atoms with Gasteiger partial charge in [0.2, 0.25) is 5.78 Å². The summed E-state index contributed by atoms with van der Waals surface area (Å²) in [4.78, 5) is 44.0. The number of esters is 1. The van der Waals surface area contributed by atoms with E-state index >= 15 is 0 Å². The second-order valence-electron chi connectivity index (χ2n) is 6.59. The minimum absolute atomic E-state index is 0.0291. The van der Waals surface area contributed by atoms with E-state index in [0.29, 0.717) is 33.8 Å². The van der Waals surface area contributed by atoms with Crippen LogP contribution in [0.2, 0.25) is 0 Å². The summed E-state index contributed by atoms with van der Waals surface area (Å²) in [6, 6.07) is 11.7. The fourth-order valence-electron chi connectivity index (χ4n) is 3.00. The molecule has 1 N–H and O–H groups in total. The molecule has 3 aromatic rings. The molecule has 0 saturated heterocycles. The van der Waals surface area contributed by atoms with E-state index in [1.54, 1.807) is 42.5 Å². The molecule has 8 heteroatoms. The molecule has 0 spiro atoms. The molecular weight excluding hydrogens is 388 g/mol. The first-order valence-electron chi connectivity index (χ1n) is 9.36. The summed E-state index contributed by atoms with van der Waals surface area (Å²) < 4.78 is 15.6. The Balaban J connectivity index is 1.63. The van der Waals surface area contributed by atoms with Crippen molar-refractivity contribution in [1.29, 1.82) is 0 Å². The lowest BCUT2D eigenvalue weighted by atomic mass is 10.1. The van der Waals surface area contributed by atoms with Gasteiger partial charge in [-0.3, -0.25) is 14.4 Å². The lowest BCUT2D eigenvalue weighted by Gasteiger charge is -2.15. The summed E-state index contributed by atoms with van der Waals surface area (Å²) in [6.45, 7) is 1.50. The van der Waals surface area contributed by atoms with E-state index in [9.17, 15) is 14.4 Å². The Hall–Kier alpha value is -3.68. The molecule has 156 valence electrons. The van der Waals surface area contributed by atoms with Crippen LogP contribution in [-0.4, -0.2) is 42.0 Å². The van der Waals surface area contributed by atoms with Gasteiger partial charge in [-0.25, -0.2) is 4.98 Å². The zero-order valence-corrected chi connectivity index (χ0v) is 16.9. The van der Waals surface area contributed by atoms with E-state index in [2.05, 4.69) is 9.97 Å². The van der Waals surface area contributed by atoms with Crippen molar-refractivity contribution in [1.82, 2.24) is 9.97 Å². The van der Waals surface area contributed by atoms with Crippen LogP contribution in [0.5, 0.6) is 11.5 Å². The zero-order chi connectivity index (χ0) is 21.7. The molecule has 8 nitrogen and oxygen atoms in total. The molecule has 0 radical (unpaired) electrons. The minimum atomic E-state index is -0.997. The Labute approximate surface area is 172 Å². The van der Waals surface area contributed by atoms with Gasteiger partial charge in [0, 0.05) is 12.5 Å². The molecule has 0 fully saturated rings. The van der Waals surface area contributed by atoms with Crippen LogP contribution in [0.15, 0.2) is 47.3 Å². The Kier molecular flexibility index (Phi) is 6.46. The number of nitrogens with zero attached hydrogens (tertiary/aromatic N) is 1. The first kappa shape index (κ1) is 21.0. The van der Waals surface area contributed by atoms with Crippen LogP contribution in [0, 0.1) is 0 Å². The number of ketones is 1. The van der Waals surface area contributed by atoms with Crippen LogP contribution < -0.4 is 15.0 Å². The molecule has 30 heavy (non-hydrogen) atoms. The lowest BCUT2D eigenvalue weighted by Crippen LogP contribution is -2.25. The van der Waals surface area contributed by atoms with E-state index in [1.807, 2.05) is 0 Å². The molecule has 0 aliphatic rings. The minimum Gasteiger partial charge on any atom is -0.497 e. The number of carbonyl (C=O) groups is 2. The molecule has 0 amide bonds. The first-order valence-corrected chi connectivity index (χ1v) is 9.36. The quantitative estimate of drug-likeness (QED) is 0.449. The number of H-pyrrole nitrogens is 1. The second-order valence-corrected chi connectivity index (χ2v) is 6.59. The van der Waals surface area contributed by atoms with Crippen molar-refractivity contribution in [2.45, 2.75) is 25.9 Å². The number of para-hydroxylation sites is 1. The lowest BCUT2D eigenvalue weighted by molar-refractivity contribution is -0.146. The largest absolute Gasteiger partial charge is 0.497 e. The fourth-order valence-corrected chi connectivity index (χ4v) is 3.00. The number of aromatic nitrogens is 2. The molecule has 0 bridgehead atoms. The van der Waals surface area contributed by atoms with E-state index < -0.39 is 12.1 Å². The molecular formula is C22H22N2O6. The Morgan fingerprint density at radius 3 is 2.60 bits per heavy atom. The van der Waals surface area contributed by atoms with Crippen LogP contribution >= 0.6 is 0 Å². The fraction of sp³-hybridized carbons (Fsp3) is 0.273. The smallest absolute Gasteiger partial charge is 0.306 e. The third-order valence-electron chi connectivity index (χ3n) is 4.58. The monoisotopic (exact) mass is 410 g/mol. The zero-order valence-electron chi connectivity index (χ0n) is 16.9. The number of nitrogens with one attached hydrogen (secondary N) is 1. The predicted octanol–water partition coefficient (Wildman–Crippen LogP) is 2.69. The van der Waals surface area contributed by atoms with Gasteiger partial charge < -0.3 is 19.2 Å². The van der Waals surface area contributed by atoms with E-state index in [4.69, 9.17) is 14.2 Å². The average Bonchev–Trinajstić information content (AvgIpc) is 2.76. The number of hydrogen-bond acceptors (Lipinski definition) is 7. The van der Waals surface area contributed by atoms with Gasteiger partial charge in [0.25, 0.3) is 5.56 Å². The number of carbonyl (C=O) groups excluding carboxylic acids is 2. The van der Waals surface area contributed by atoms with Crippen LogP contribution in [0.25, 0.3) is 10.9 Å². The summed E-state index contributed by atoms with van der Waals surface area (Å²) in [6.07, 6.45) is -0.840. The molecule has 0 aliphatic carbocycles. The van der Waals surface area contributed by atoms with Gasteiger partial charge in [0.1, 0.15) is 17.3 Å². The molecule has 2 aromatic carbocycles. The molecule has 1 heterocycles. The summed E-state index contributed by atoms with van der Waals surface area (Å²) >= 11 is 0. The maximum absolute atomic E-state index is 12.7. The highest BCUT2D eigenvalue weighted by molar-refractivity contribution is 6.02. The molecule has 1 aromatic heterocycles. The highest BCUT2D eigenvalue weighted by Gasteiger charge is 2.23. The highest BCUT2D eigenvalue weighted by atomic mass is 16.5. The number of Topliss-reactive ketones (excluding diaryl/α,β-unsaturated/α-hetero) is 1. The number of rotatable bonds is 8. The van der Waals surface area contributed by atoms with Crippen LogP contribution in [0.1, 0.15) is 29.5 Å². The Morgan fingerprint density at radius 2 is 1.87 bits per heavy atom. The summed E-state index contributed by atoms with van der Waals surface area (Å²) in [7, 11) is 2.96. The third kappa shape index (κ3) is 4.65. The van der Waals surface area contributed by atoms with Crippen molar-refractivity contribution >= 4 is 22.7 Å². The number of fused-ring (bicyclic) bond motifs is 1. The average molecular weight is 410 g/mol. The highest BCUT2D eigenvalue weighted by Crippen LogP contribution is 2.26. The Bertz CT molecular complexity index is 1140. The van der Waals surface area contributed by atoms with Gasteiger partial charge in [0.15, 0.2) is 6.10 Å². The summed E-state index contributed by atoms with van der Waals surface area (Å²) in [5.41, 5.74) is 0.581. The molecule has 0 aliphatic heterocycles. The van der Waals surface area contributed by atoms with Crippen LogP contribution in [0.3, 0.4) is 0 Å². The van der Waals surface area contributed by atoms with E-state index in [1.165, 1.54) is 21.1 Å². The van der Waals surface area contributed by atoms with Crippen molar-refractivity contribution in [2.75, 3.05) is 14.2 Å². The molecule has 0 unspecified atom stereocenters. The molecule has 0 saturated carbocycles.